The molecule has 122 valence electrons. The van der Waals surface area contributed by atoms with Crippen molar-refractivity contribution < 1.29 is 8.42 Å². The van der Waals surface area contributed by atoms with E-state index in [1.54, 1.807) is 4.31 Å². The molecule has 1 N–H and O–H groups in total. The summed E-state index contributed by atoms with van der Waals surface area (Å²) in [5.41, 5.74) is 0.472. The lowest BCUT2D eigenvalue weighted by Gasteiger charge is -2.44. The molecule has 3 fully saturated rings. The highest BCUT2D eigenvalue weighted by Crippen LogP contribution is 2.45. The van der Waals surface area contributed by atoms with Gasteiger partial charge in [0.15, 0.2) is 0 Å². The number of hydrogen-bond donors (Lipinski definition) is 1. The largest absolute Gasteiger partial charge is 0.313 e. The molecule has 1 unspecified atom stereocenters. The SMILES string of the molecule is CC(CNC1CC1)S(=O)(=O)N1CCC2(CCCCC2)CC1. The van der Waals surface area contributed by atoms with E-state index in [1.807, 2.05) is 6.92 Å². The molecule has 1 saturated heterocycles. The molecule has 1 atom stereocenters. The quantitative estimate of drug-likeness (QED) is 0.848. The van der Waals surface area contributed by atoms with Crippen molar-refractivity contribution in [3.05, 3.63) is 0 Å². The van der Waals surface area contributed by atoms with E-state index in [-0.39, 0.29) is 5.25 Å². The van der Waals surface area contributed by atoms with E-state index in [0.29, 0.717) is 18.0 Å². The first-order valence-electron chi connectivity index (χ1n) is 8.74. The van der Waals surface area contributed by atoms with E-state index in [9.17, 15) is 8.42 Å². The molecule has 0 aromatic heterocycles. The van der Waals surface area contributed by atoms with Gasteiger partial charge in [0, 0.05) is 25.7 Å². The van der Waals surface area contributed by atoms with Gasteiger partial charge < -0.3 is 5.32 Å². The Kier molecular flexibility index (Phi) is 4.63. The molecule has 2 aliphatic carbocycles. The van der Waals surface area contributed by atoms with Crippen LogP contribution in [0.2, 0.25) is 0 Å². The number of nitrogens with one attached hydrogen (secondary N) is 1. The Hall–Kier alpha value is -0.130. The van der Waals surface area contributed by atoms with Gasteiger partial charge in [-0.2, -0.15) is 0 Å². The molecule has 3 rings (SSSR count). The maximum Gasteiger partial charge on any atom is 0.217 e. The van der Waals surface area contributed by atoms with Crippen LogP contribution in [0.25, 0.3) is 0 Å². The average molecular weight is 314 g/mol. The van der Waals surface area contributed by atoms with E-state index in [2.05, 4.69) is 5.32 Å². The van der Waals surface area contributed by atoms with Gasteiger partial charge in [0.1, 0.15) is 0 Å². The third kappa shape index (κ3) is 3.62. The molecule has 0 radical (unpaired) electrons. The van der Waals surface area contributed by atoms with Gasteiger partial charge in [0.05, 0.1) is 5.25 Å². The van der Waals surface area contributed by atoms with Crippen molar-refractivity contribution in [1.29, 1.82) is 0 Å². The molecular weight excluding hydrogens is 284 g/mol. The van der Waals surface area contributed by atoms with Crippen molar-refractivity contribution in [2.75, 3.05) is 19.6 Å². The van der Waals surface area contributed by atoms with Crippen LogP contribution in [0.4, 0.5) is 0 Å². The van der Waals surface area contributed by atoms with Crippen LogP contribution in [0.1, 0.15) is 64.7 Å². The molecule has 0 amide bonds. The predicted octanol–water partition coefficient (Wildman–Crippen LogP) is 2.50. The molecule has 0 bridgehead atoms. The fraction of sp³-hybridized carbons (Fsp3) is 1.00. The van der Waals surface area contributed by atoms with E-state index >= 15 is 0 Å². The van der Waals surface area contributed by atoms with Crippen molar-refractivity contribution in [3.63, 3.8) is 0 Å². The van der Waals surface area contributed by atoms with E-state index in [1.165, 1.54) is 44.9 Å². The number of sulfonamides is 1. The highest BCUT2D eigenvalue weighted by Gasteiger charge is 2.40. The minimum atomic E-state index is -3.11. The van der Waals surface area contributed by atoms with Gasteiger partial charge in [-0.3, -0.25) is 0 Å². The van der Waals surface area contributed by atoms with Crippen LogP contribution < -0.4 is 5.32 Å². The summed E-state index contributed by atoms with van der Waals surface area (Å²) >= 11 is 0. The average Bonchev–Trinajstić information content (AvgIpc) is 3.30. The Morgan fingerprint density at radius 2 is 1.71 bits per heavy atom. The highest BCUT2D eigenvalue weighted by atomic mass is 32.2. The van der Waals surface area contributed by atoms with Gasteiger partial charge >= 0.3 is 0 Å². The summed E-state index contributed by atoms with van der Waals surface area (Å²) in [4.78, 5) is 0. The van der Waals surface area contributed by atoms with Crippen LogP contribution in [0, 0.1) is 5.41 Å². The first-order chi connectivity index (χ1) is 10.0. The first-order valence-corrected chi connectivity index (χ1v) is 10.2. The molecule has 3 aliphatic rings. The standard InChI is InChI=1S/C16H30N2O2S/c1-14(13-17-15-5-6-15)21(19,20)18-11-9-16(10-12-18)7-3-2-4-8-16/h14-15,17H,2-13H2,1H3. The fourth-order valence-electron chi connectivity index (χ4n) is 4.00. The summed E-state index contributed by atoms with van der Waals surface area (Å²) in [6.45, 7) is 3.95. The Morgan fingerprint density at radius 1 is 1.10 bits per heavy atom. The summed E-state index contributed by atoms with van der Waals surface area (Å²) in [7, 11) is -3.11. The molecule has 1 aliphatic heterocycles. The summed E-state index contributed by atoms with van der Waals surface area (Å²) in [6.07, 6.45) is 11.3. The van der Waals surface area contributed by atoms with Crippen molar-refractivity contribution in [1.82, 2.24) is 9.62 Å². The minimum Gasteiger partial charge on any atom is -0.313 e. The van der Waals surface area contributed by atoms with Gasteiger partial charge in [-0.05, 0) is 50.9 Å². The zero-order valence-corrected chi connectivity index (χ0v) is 14.1. The maximum absolute atomic E-state index is 12.7. The minimum absolute atomic E-state index is 0.293. The van der Waals surface area contributed by atoms with Crippen LogP contribution in [-0.2, 0) is 10.0 Å². The Labute approximate surface area is 129 Å². The maximum atomic E-state index is 12.7. The van der Waals surface area contributed by atoms with Crippen LogP contribution in [0.15, 0.2) is 0 Å². The van der Waals surface area contributed by atoms with E-state index < -0.39 is 10.0 Å². The number of nitrogens with zero attached hydrogens (tertiary/aromatic N) is 1. The molecule has 0 aromatic rings. The van der Waals surface area contributed by atoms with Crippen LogP contribution >= 0.6 is 0 Å². The smallest absolute Gasteiger partial charge is 0.217 e. The van der Waals surface area contributed by atoms with Crippen molar-refractivity contribution >= 4 is 10.0 Å². The zero-order valence-electron chi connectivity index (χ0n) is 13.3. The third-order valence-corrected chi connectivity index (χ3v) is 8.11. The second-order valence-electron chi connectivity index (χ2n) is 7.50. The fourth-order valence-corrected chi connectivity index (χ4v) is 5.50. The Morgan fingerprint density at radius 3 is 2.29 bits per heavy atom. The van der Waals surface area contributed by atoms with Crippen molar-refractivity contribution in [2.45, 2.75) is 76.0 Å². The monoisotopic (exact) mass is 314 g/mol. The first kappa shape index (κ1) is 15.8. The third-order valence-electron chi connectivity index (χ3n) is 5.84. The lowest BCUT2D eigenvalue weighted by Crippen LogP contribution is -2.48. The molecule has 2 saturated carbocycles. The molecule has 0 aromatic carbocycles. The second kappa shape index (κ2) is 6.17. The molecule has 5 heteroatoms. The van der Waals surface area contributed by atoms with Crippen molar-refractivity contribution in [2.24, 2.45) is 5.41 Å². The second-order valence-corrected chi connectivity index (χ2v) is 9.85. The Balaban J connectivity index is 1.54. The van der Waals surface area contributed by atoms with Crippen molar-refractivity contribution in [3.8, 4) is 0 Å². The molecule has 4 nitrogen and oxygen atoms in total. The normalized spacial score (nSPS) is 28.6. The van der Waals surface area contributed by atoms with Gasteiger partial charge in [-0.1, -0.05) is 19.3 Å². The molecule has 21 heavy (non-hydrogen) atoms. The van der Waals surface area contributed by atoms with Crippen LogP contribution in [0.5, 0.6) is 0 Å². The van der Waals surface area contributed by atoms with Crippen LogP contribution in [0.3, 0.4) is 0 Å². The zero-order chi connectivity index (χ0) is 14.9. The lowest BCUT2D eigenvalue weighted by molar-refractivity contribution is 0.102. The van der Waals surface area contributed by atoms with Gasteiger partial charge in [0.2, 0.25) is 10.0 Å². The van der Waals surface area contributed by atoms with Gasteiger partial charge in [-0.15, -0.1) is 0 Å². The predicted molar refractivity (Wildman–Crippen MR) is 85.7 cm³/mol. The van der Waals surface area contributed by atoms with Gasteiger partial charge in [-0.25, -0.2) is 12.7 Å². The summed E-state index contributed by atoms with van der Waals surface area (Å²) in [5.74, 6) is 0. The highest BCUT2D eigenvalue weighted by molar-refractivity contribution is 7.89. The van der Waals surface area contributed by atoms with E-state index in [4.69, 9.17) is 0 Å². The summed E-state index contributed by atoms with van der Waals surface area (Å²) < 4.78 is 27.1. The summed E-state index contributed by atoms with van der Waals surface area (Å²) in [5, 5.41) is 3.06. The lowest BCUT2D eigenvalue weighted by atomic mass is 9.68. The number of rotatable bonds is 5. The molecular formula is C16H30N2O2S. The number of piperidine rings is 1. The topological polar surface area (TPSA) is 49.4 Å². The Bertz CT molecular complexity index is 443. The van der Waals surface area contributed by atoms with E-state index in [0.717, 1.165) is 25.9 Å². The molecule has 1 heterocycles. The summed E-state index contributed by atoms with van der Waals surface area (Å²) in [6, 6.07) is 0.578. The van der Waals surface area contributed by atoms with Gasteiger partial charge in [0.25, 0.3) is 0 Å². The number of hydrogen-bond acceptors (Lipinski definition) is 3. The molecule has 1 spiro atoms. The van der Waals surface area contributed by atoms with Crippen LogP contribution in [-0.4, -0.2) is 43.6 Å².